The van der Waals surface area contributed by atoms with E-state index < -0.39 is 0 Å². The summed E-state index contributed by atoms with van der Waals surface area (Å²) in [4.78, 5) is 12.6. The van der Waals surface area contributed by atoms with E-state index in [4.69, 9.17) is 0 Å². The number of carbonyl (C=O) groups is 1. The van der Waals surface area contributed by atoms with Gasteiger partial charge in [-0.25, -0.2) is 0 Å². The molecule has 4 rings (SSSR count). The largest absolute Gasteiger partial charge is 0.289 e. The Morgan fingerprint density at radius 3 is 2.05 bits per heavy atom. The minimum Gasteiger partial charge on any atom is -0.289 e. The molecule has 1 nitrogen and oxygen atoms in total. The highest BCUT2D eigenvalue weighted by Crippen LogP contribution is 2.38. The second-order valence-electron chi connectivity index (χ2n) is 5.50. The van der Waals surface area contributed by atoms with Crippen molar-refractivity contribution in [3.05, 3.63) is 83.4 Å². The van der Waals surface area contributed by atoms with Crippen LogP contribution in [0, 0.1) is 6.92 Å². The van der Waals surface area contributed by atoms with Crippen LogP contribution in [-0.4, -0.2) is 5.78 Å². The van der Waals surface area contributed by atoms with Gasteiger partial charge in [-0.05, 0) is 41.3 Å². The fourth-order valence-electron chi connectivity index (χ4n) is 3.00. The summed E-state index contributed by atoms with van der Waals surface area (Å²) in [6.07, 6.45) is 0. The summed E-state index contributed by atoms with van der Waals surface area (Å²) in [6, 6.07) is 22.4. The van der Waals surface area contributed by atoms with Gasteiger partial charge in [0.1, 0.15) is 0 Å². The molecule has 3 aromatic rings. The Bertz CT molecular complexity index is 860. The Morgan fingerprint density at radius 2 is 1.29 bits per heavy atom. The van der Waals surface area contributed by atoms with Gasteiger partial charge in [0.2, 0.25) is 0 Å². The lowest BCUT2D eigenvalue weighted by Crippen LogP contribution is -1.95. The molecular weight excluding hydrogens is 256 g/mol. The minimum absolute atomic E-state index is 0.140. The lowest BCUT2D eigenvalue weighted by molar-refractivity contribution is 0.104. The quantitative estimate of drug-likeness (QED) is 0.482. The normalized spacial score (nSPS) is 12.1. The van der Waals surface area contributed by atoms with Gasteiger partial charge in [-0.3, -0.25) is 4.79 Å². The maximum Gasteiger partial charge on any atom is 0.194 e. The molecule has 0 amide bonds. The van der Waals surface area contributed by atoms with Crippen molar-refractivity contribution in [1.29, 1.82) is 0 Å². The van der Waals surface area contributed by atoms with Crippen molar-refractivity contribution < 1.29 is 4.79 Å². The van der Waals surface area contributed by atoms with Gasteiger partial charge in [0.25, 0.3) is 0 Å². The third-order valence-electron chi connectivity index (χ3n) is 4.08. The first-order chi connectivity index (χ1) is 10.2. The van der Waals surface area contributed by atoms with Crippen LogP contribution >= 0.6 is 0 Å². The number of carbonyl (C=O) groups excluding carboxylic acids is 1. The zero-order valence-electron chi connectivity index (χ0n) is 11.8. The molecule has 3 aromatic carbocycles. The topological polar surface area (TPSA) is 17.1 Å². The van der Waals surface area contributed by atoms with Gasteiger partial charge < -0.3 is 0 Å². The third kappa shape index (κ3) is 1.82. The van der Waals surface area contributed by atoms with Crippen LogP contribution in [0.1, 0.15) is 21.5 Å². The predicted octanol–water partition coefficient (Wildman–Crippen LogP) is 4.87. The molecule has 1 aliphatic carbocycles. The van der Waals surface area contributed by atoms with Crippen molar-refractivity contribution >= 4 is 5.78 Å². The number of aryl methyl sites for hydroxylation is 1. The molecule has 1 aliphatic rings. The molecule has 0 unspecified atom stereocenters. The highest BCUT2D eigenvalue weighted by molar-refractivity contribution is 6.22. The molecule has 0 atom stereocenters. The molecule has 0 fully saturated rings. The van der Waals surface area contributed by atoms with E-state index in [-0.39, 0.29) is 5.78 Å². The van der Waals surface area contributed by atoms with Crippen molar-refractivity contribution in [3.63, 3.8) is 0 Å². The second kappa shape index (κ2) is 4.42. The van der Waals surface area contributed by atoms with E-state index in [2.05, 4.69) is 36.4 Å². The van der Waals surface area contributed by atoms with Crippen molar-refractivity contribution in [2.75, 3.05) is 0 Å². The summed E-state index contributed by atoms with van der Waals surface area (Å²) >= 11 is 0. The molecule has 0 saturated carbocycles. The highest BCUT2D eigenvalue weighted by Gasteiger charge is 2.26. The SMILES string of the molecule is Cc1ccc2c(c1)C(=O)c1cc(-c3ccccc3)ccc1-2. The molecule has 0 aromatic heterocycles. The maximum atomic E-state index is 12.6. The van der Waals surface area contributed by atoms with Gasteiger partial charge in [-0.2, -0.15) is 0 Å². The third-order valence-corrected chi connectivity index (χ3v) is 4.08. The number of hydrogen-bond acceptors (Lipinski definition) is 1. The van der Waals surface area contributed by atoms with Crippen molar-refractivity contribution in [2.24, 2.45) is 0 Å². The van der Waals surface area contributed by atoms with Crippen LogP contribution in [0.15, 0.2) is 66.7 Å². The van der Waals surface area contributed by atoms with Gasteiger partial charge in [0, 0.05) is 11.1 Å². The first kappa shape index (κ1) is 12.1. The van der Waals surface area contributed by atoms with Gasteiger partial charge in [0.05, 0.1) is 0 Å². The van der Waals surface area contributed by atoms with E-state index in [0.717, 1.165) is 38.9 Å². The Hall–Kier alpha value is -2.67. The van der Waals surface area contributed by atoms with Gasteiger partial charge in [-0.1, -0.05) is 60.2 Å². The zero-order chi connectivity index (χ0) is 14.4. The average molecular weight is 270 g/mol. The van der Waals surface area contributed by atoms with Crippen LogP contribution < -0.4 is 0 Å². The molecule has 1 heteroatoms. The lowest BCUT2D eigenvalue weighted by atomic mass is 9.99. The van der Waals surface area contributed by atoms with E-state index in [9.17, 15) is 4.79 Å². The van der Waals surface area contributed by atoms with E-state index in [0.29, 0.717) is 0 Å². The summed E-state index contributed by atoms with van der Waals surface area (Å²) < 4.78 is 0. The standard InChI is InChI=1S/C20H14O/c1-13-7-9-16-17-10-8-15(14-5-3-2-4-6-14)12-19(17)20(21)18(16)11-13/h2-12H,1H3. The molecule has 0 saturated heterocycles. The van der Waals surface area contributed by atoms with Crippen LogP contribution in [0.25, 0.3) is 22.3 Å². The lowest BCUT2D eigenvalue weighted by Gasteiger charge is -2.04. The summed E-state index contributed by atoms with van der Waals surface area (Å²) in [7, 11) is 0. The maximum absolute atomic E-state index is 12.6. The second-order valence-corrected chi connectivity index (χ2v) is 5.50. The van der Waals surface area contributed by atoms with E-state index in [1.807, 2.05) is 37.3 Å². The Morgan fingerprint density at radius 1 is 0.619 bits per heavy atom. The van der Waals surface area contributed by atoms with Crippen LogP contribution in [0.5, 0.6) is 0 Å². The number of fused-ring (bicyclic) bond motifs is 3. The summed E-state index contributed by atoms with van der Waals surface area (Å²) in [5.74, 6) is 0.140. The molecule has 0 spiro atoms. The fourth-order valence-corrected chi connectivity index (χ4v) is 3.00. The molecule has 0 N–H and O–H groups in total. The molecule has 0 aliphatic heterocycles. The Labute approximate surface area is 123 Å². The summed E-state index contributed by atoms with van der Waals surface area (Å²) in [6.45, 7) is 2.02. The number of hydrogen-bond donors (Lipinski definition) is 0. The molecule has 21 heavy (non-hydrogen) atoms. The number of ketones is 1. The van der Waals surface area contributed by atoms with E-state index in [1.165, 1.54) is 0 Å². The van der Waals surface area contributed by atoms with Crippen LogP contribution in [0.2, 0.25) is 0 Å². The number of benzene rings is 3. The molecule has 0 radical (unpaired) electrons. The van der Waals surface area contributed by atoms with Crippen molar-refractivity contribution in [3.8, 4) is 22.3 Å². The minimum atomic E-state index is 0.140. The van der Waals surface area contributed by atoms with E-state index >= 15 is 0 Å². The number of rotatable bonds is 1. The van der Waals surface area contributed by atoms with Crippen molar-refractivity contribution in [1.82, 2.24) is 0 Å². The molecule has 0 bridgehead atoms. The first-order valence-corrected chi connectivity index (χ1v) is 7.09. The van der Waals surface area contributed by atoms with Crippen LogP contribution in [0.4, 0.5) is 0 Å². The smallest absolute Gasteiger partial charge is 0.194 e. The van der Waals surface area contributed by atoms with Gasteiger partial charge in [0.15, 0.2) is 5.78 Å². The van der Waals surface area contributed by atoms with Crippen LogP contribution in [0.3, 0.4) is 0 Å². The highest BCUT2D eigenvalue weighted by atomic mass is 16.1. The molecule has 100 valence electrons. The summed E-state index contributed by atoms with van der Waals surface area (Å²) in [5.41, 5.74) is 7.10. The molecule has 0 heterocycles. The van der Waals surface area contributed by atoms with Gasteiger partial charge in [-0.15, -0.1) is 0 Å². The Kier molecular flexibility index (Phi) is 2.55. The Balaban J connectivity index is 1.90. The fraction of sp³-hybridized carbons (Fsp3) is 0.0500. The van der Waals surface area contributed by atoms with Crippen LogP contribution in [-0.2, 0) is 0 Å². The summed E-state index contributed by atoms with van der Waals surface area (Å²) in [5, 5.41) is 0. The zero-order valence-corrected chi connectivity index (χ0v) is 11.8. The molecular formula is C20H14O. The van der Waals surface area contributed by atoms with E-state index in [1.54, 1.807) is 0 Å². The van der Waals surface area contributed by atoms with Gasteiger partial charge >= 0.3 is 0 Å². The monoisotopic (exact) mass is 270 g/mol. The average Bonchev–Trinajstić information content (AvgIpc) is 2.80. The van der Waals surface area contributed by atoms with Crippen molar-refractivity contribution in [2.45, 2.75) is 6.92 Å². The predicted molar refractivity (Wildman–Crippen MR) is 85.5 cm³/mol. The first-order valence-electron chi connectivity index (χ1n) is 7.09.